The van der Waals surface area contributed by atoms with Crippen molar-refractivity contribution in [2.45, 2.75) is 25.7 Å². The van der Waals surface area contributed by atoms with Gasteiger partial charge in [0.25, 0.3) is 0 Å². The molecule has 0 aromatic heterocycles. The molecule has 0 N–H and O–H groups in total. The number of ether oxygens (including phenoxy) is 1. The van der Waals surface area contributed by atoms with Crippen molar-refractivity contribution < 1.29 is 14.3 Å². The van der Waals surface area contributed by atoms with Gasteiger partial charge in [-0.15, -0.1) is 0 Å². The van der Waals surface area contributed by atoms with E-state index in [4.69, 9.17) is 4.74 Å². The Morgan fingerprint density at radius 2 is 1.55 bits per heavy atom. The van der Waals surface area contributed by atoms with Crippen LogP contribution in [0.25, 0.3) is 0 Å². The van der Waals surface area contributed by atoms with Gasteiger partial charge in [-0.25, -0.2) is 0 Å². The standard InChI is InChI=1S/C16H27N3O3/c20-15(13-17-9-11-22-12-10-17)18-5-2-6-19(8-7-18)16(21)14-3-1-4-14/h14H,1-13H2. The van der Waals surface area contributed by atoms with Crippen LogP contribution in [0.4, 0.5) is 0 Å². The van der Waals surface area contributed by atoms with Crippen LogP contribution in [0.15, 0.2) is 0 Å². The number of hydrogen-bond donors (Lipinski definition) is 0. The second-order valence-corrected chi connectivity index (χ2v) is 6.58. The summed E-state index contributed by atoms with van der Waals surface area (Å²) in [6.45, 7) is 6.56. The minimum atomic E-state index is 0.194. The predicted molar refractivity (Wildman–Crippen MR) is 82.4 cm³/mol. The lowest BCUT2D eigenvalue weighted by Crippen LogP contribution is -2.46. The van der Waals surface area contributed by atoms with Crippen LogP contribution in [0.5, 0.6) is 0 Å². The van der Waals surface area contributed by atoms with E-state index in [2.05, 4.69) is 4.90 Å². The first-order chi connectivity index (χ1) is 10.7. The molecule has 1 aliphatic carbocycles. The minimum absolute atomic E-state index is 0.194. The lowest BCUT2D eigenvalue weighted by atomic mass is 9.84. The summed E-state index contributed by atoms with van der Waals surface area (Å²) in [6.07, 6.45) is 4.19. The fraction of sp³-hybridized carbons (Fsp3) is 0.875. The van der Waals surface area contributed by atoms with E-state index in [1.54, 1.807) is 0 Å². The number of rotatable bonds is 3. The third-order valence-electron chi connectivity index (χ3n) is 5.08. The molecule has 0 bridgehead atoms. The molecule has 2 amide bonds. The summed E-state index contributed by atoms with van der Waals surface area (Å²) in [4.78, 5) is 30.8. The van der Waals surface area contributed by atoms with E-state index >= 15 is 0 Å². The third-order valence-corrected chi connectivity index (χ3v) is 5.08. The van der Waals surface area contributed by atoms with Crippen molar-refractivity contribution in [2.24, 2.45) is 5.92 Å². The highest BCUT2D eigenvalue weighted by Gasteiger charge is 2.31. The molecule has 6 nitrogen and oxygen atoms in total. The fourth-order valence-electron chi connectivity index (χ4n) is 3.35. The Morgan fingerprint density at radius 1 is 0.864 bits per heavy atom. The highest BCUT2D eigenvalue weighted by molar-refractivity contribution is 5.80. The maximum absolute atomic E-state index is 12.4. The molecular weight excluding hydrogens is 282 g/mol. The van der Waals surface area contributed by atoms with E-state index in [9.17, 15) is 9.59 Å². The summed E-state index contributed by atoms with van der Waals surface area (Å²) in [6, 6.07) is 0. The lowest BCUT2D eigenvalue weighted by Gasteiger charge is -2.31. The van der Waals surface area contributed by atoms with Crippen LogP contribution in [-0.2, 0) is 14.3 Å². The predicted octanol–water partition coefficient (Wildman–Crippen LogP) is 0.180. The zero-order valence-electron chi connectivity index (χ0n) is 13.3. The zero-order chi connectivity index (χ0) is 15.4. The molecule has 0 atom stereocenters. The molecule has 0 aromatic carbocycles. The normalized spacial score (nSPS) is 24.7. The zero-order valence-corrected chi connectivity index (χ0v) is 13.3. The van der Waals surface area contributed by atoms with Crippen LogP contribution in [0, 0.1) is 5.92 Å². The van der Waals surface area contributed by atoms with E-state index in [1.807, 2.05) is 9.80 Å². The van der Waals surface area contributed by atoms with Gasteiger partial charge in [-0.2, -0.15) is 0 Å². The van der Waals surface area contributed by atoms with E-state index in [-0.39, 0.29) is 11.8 Å². The summed E-state index contributed by atoms with van der Waals surface area (Å²) < 4.78 is 5.31. The van der Waals surface area contributed by atoms with E-state index in [1.165, 1.54) is 6.42 Å². The second-order valence-electron chi connectivity index (χ2n) is 6.58. The Bertz CT molecular complexity index is 405. The molecule has 0 aromatic rings. The second kappa shape index (κ2) is 7.42. The van der Waals surface area contributed by atoms with Crippen LogP contribution in [-0.4, -0.2) is 85.5 Å². The molecule has 0 spiro atoms. The van der Waals surface area contributed by atoms with Crippen LogP contribution < -0.4 is 0 Å². The summed E-state index contributed by atoms with van der Waals surface area (Å²) in [7, 11) is 0. The van der Waals surface area contributed by atoms with Gasteiger partial charge in [-0.05, 0) is 19.3 Å². The average Bonchev–Trinajstić information content (AvgIpc) is 2.72. The van der Waals surface area contributed by atoms with Gasteiger partial charge in [-0.1, -0.05) is 6.42 Å². The summed E-state index contributed by atoms with van der Waals surface area (Å²) >= 11 is 0. The molecule has 124 valence electrons. The molecule has 1 saturated carbocycles. The molecule has 3 rings (SSSR count). The number of amides is 2. The Balaban J connectivity index is 1.46. The maximum atomic E-state index is 12.4. The first-order valence-electron chi connectivity index (χ1n) is 8.61. The Morgan fingerprint density at radius 3 is 2.23 bits per heavy atom. The van der Waals surface area contributed by atoms with Crippen molar-refractivity contribution >= 4 is 11.8 Å². The molecule has 0 unspecified atom stereocenters. The molecule has 2 saturated heterocycles. The molecule has 3 fully saturated rings. The van der Waals surface area contributed by atoms with E-state index in [0.717, 1.165) is 58.7 Å². The topological polar surface area (TPSA) is 53.1 Å². The number of hydrogen-bond acceptors (Lipinski definition) is 4. The molecule has 3 aliphatic rings. The molecular formula is C16H27N3O3. The van der Waals surface area contributed by atoms with E-state index in [0.29, 0.717) is 25.5 Å². The third kappa shape index (κ3) is 3.79. The van der Waals surface area contributed by atoms with Crippen LogP contribution in [0.1, 0.15) is 25.7 Å². The van der Waals surface area contributed by atoms with Crippen molar-refractivity contribution in [1.29, 1.82) is 0 Å². The fourth-order valence-corrected chi connectivity index (χ4v) is 3.35. The smallest absolute Gasteiger partial charge is 0.236 e. The van der Waals surface area contributed by atoms with Crippen LogP contribution in [0.3, 0.4) is 0 Å². The van der Waals surface area contributed by atoms with Crippen molar-refractivity contribution in [1.82, 2.24) is 14.7 Å². The maximum Gasteiger partial charge on any atom is 0.236 e. The Labute approximate surface area is 132 Å². The molecule has 22 heavy (non-hydrogen) atoms. The molecule has 2 aliphatic heterocycles. The first kappa shape index (κ1) is 15.7. The summed E-state index contributed by atoms with van der Waals surface area (Å²) in [5, 5.41) is 0. The van der Waals surface area contributed by atoms with Gasteiger partial charge >= 0.3 is 0 Å². The first-order valence-corrected chi connectivity index (χ1v) is 8.61. The Kier molecular flexibility index (Phi) is 5.31. The SMILES string of the molecule is O=C(CN1CCOCC1)N1CCCN(C(=O)C2CCC2)CC1. The van der Waals surface area contributed by atoms with Crippen molar-refractivity contribution in [3.8, 4) is 0 Å². The quantitative estimate of drug-likeness (QED) is 0.746. The summed E-state index contributed by atoms with van der Waals surface area (Å²) in [5.41, 5.74) is 0. The van der Waals surface area contributed by atoms with Crippen molar-refractivity contribution in [3.05, 3.63) is 0 Å². The number of nitrogens with zero attached hydrogens (tertiary/aromatic N) is 3. The number of carbonyl (C=O) groups is 2. The van der Waals surface area contributed by atoms with Crippen molar-refractivity contribution in [2.75, 3.05) is 59.0 Å². The van der Waals surface area contributed by atoms with E-state index < -0.39 is 0 Å². The van der Waals surface area contributed by atoms with Gasteiger partial charge in [0, 0.05) is 45.2 Å². The average molecular weight is 309 g/mol. The molecule has 6 heteroatoms. The lowest BCUT2D eigenvalue weighted by molar-refractivity contribution is -0.139. The number of morpholine rings is 1. The van der Waals surface area contributed by atoms with Gasteiger partial charge in [0.2, 0.25) is 11.8 Å². The van der Waals surface area contributed by atoms with Gasteiger partial charge in [0.05, 0.1) is 19.8 Å². The van der Waals surface area contributed by atoms with Gasteiger partial charge in [0.1, 0.15) is 0 Å². The highest BCUT2D eigenvalue weighted by Crippen LogP contribution is 2.28. The van der Waals surface area contributed by atoms with Crippen molar-refractivity contribution in [3.63, 3.8) is 0 Å². The van der Waals surface area contributed by atoms with Gasteiger partial charge < -0.3 is 14.5 Å². The molecule has 0 radical (unpaired) electrons. The van der Waals surface area contributed by atoms with Gasteiger partial charge in [-0.3, -0.25) is 14.5 Å². The molecule has 2 heterocycles. The monoisotopic (exact) mass is 309 g/mol. The summed E-state index contributed by atoms with van der Waals surface area (Å²) in [5.74, 6) is 0.768. The minimum Gasteiger partial charge on any atom is -0.379 e. The van der Waals surface area contributed by atoms with Gasteiger partial charge in [0.15, 0.2) is 0 Å². The van der Waals surface area contributed by atoms with Crippen LogP contribution in [0.2, 0.25) is 0 Å². The largest absolute Gasteiger partial charge is 0.379 e. The number of carbonyl (C=O) groups excluding carboxylic acids is 2. The van der Waals surface area contributed by atoms with Crippen LogP contribution >= 0.6 is 0 Å². The highest BCUT2D eigenvalue weighted by atomic mass is 16.5. The Hall–Kier alpha value is -1.14.